The highest BCUT2D eigenvalue weighted by molar-refractivity contribution is 6.31. The van der Waals surface area contributed by atoms with Crippen molar-refractivity contribution in [2.24, 2.45) is 0 Å². The van der Waals surface area contributed by atoms with E-state index < -0.39 is 0 Å². The lowest BCUT2D eigenvalue weighted by atomic mass is 10.0. The molecule has 1 aliphatic rings. The minimum atomic E-state index is 0.466. The van der Waals surface area contributed by atoms with E-state index in [2.05, 4.69) is 55.2 Å². The van der Waals surface area contributed by atoms with E-state index in [1.54, 1.807) is 0 Å². The Morgan fingerprint density at radius 1 is 1.29 bits per heavy atom. The fourth-order valence-electron chi connectivity index (χ4n) is 2.95. The van der Waals surface area contributed by atoms with Crippen molar-refractivity contribution in [1.29, 1.82) is 0 Å². The Hall–Kier alpha value is -0.770. The van der Waals surface area contributed by atoms with Gasteiger partial charge in [-0.15, -0.1) is 0 Å². The number of anilines is 1. The summed E-state index contributed by atoms with van der Waals surface area (Å²) < 4.78 is 0. The van der Waals surface area contributed by atoms with Crippen LogP contribution >= 0.6 is 11.6 Å². The molecule has 0 atom stereocenters. The first-order valence-corrected chi connectivity index (χ1v) is 8.29. The molecule has 1 aromatic rings. The molecule has 3 nitrogen and oxygen atoms in total. The van der Waals surface area contributed by atoms with Crippen molar-refractivity contribution in [3.63, 3.8) is 0 Å². The van der Waals surface area contributed by atoms with Crippen molar-refractivity contribution in [2.45, 2.75) is 45.3 Å². The number of halogens is 1. The molecule has 1 fully saturated rings. The van der Waals surface area contributed by atoms with Crippen molar-refractivity contribution in [3.05, 3.63) is 28.8 Å². The van der Waals surface area contributed by atoms with Gasteiger partial charge in [0.15, 0.2) is 0 Å². The number of nitrogens with one attached hydrogen (secondary N) is 1. The highest BCUT2D eigenvalue weighted by Gasteiger charge is 2.22. The van der Waals surface area contributed by atoms with Crippen molar-refractivity contribution in [2.75, 3.05) is 32.1 Å². The first-order valence-electron chi connectivity index (χ1n) is 7.91. The van der Waals surface area contributed by atoms with Gasteiger partial charge in [0.25, 0.3) is 0 Å². The van der Waals surface area contributed by atoms with Gasteiger partial charge in [-0.1, -0.05) is 31.5 Å². The molecule has 0 aliphatic carbocycles. The highest BCUT2D eigenvalue weighted by Crippen LogP contribution is 2.30. The second-order valence-electron chi connectivity index (χ2n) is 6.45. The second kappa shape index (κ2) is 7.48. The summed E-state index contributed by atoms with van der Waals surface area (Å²) in [5, 5.41) is 4.36. The van der Waals surface area contributed by atoms with E-state index in [9.17, 15) is 0 Å². The molecule has 118 valence electrons. The van der Waals surface area contributed by atoms with Gasteiger partial charge in [-0.3, -0.25) is 0 Å². The third-order valence-electron chi connectivity index (χ3n) is 4.32. The molecule has 1 heterocycles. The summed E-state index contributed by atoms with van der Waals surface area (Å²) in [5.41, 5.74) is 2.53. The molecule has 0 amide bonds. The van der Waals surface area contributed by atoms with Crippen molar-refractivity contribution >= 4 is 17.3 Å². The van der Waals surface area contributed by atoms with Gasteiger partial charge in [0, 0.05) is 48.0 Å². The predicted molar refractivity (Wildman–Crippen MR) is 92.3 cm³/mol. The minimum absolute atomic E-state index is 0.466. The van der Waals surface area contributed by atoms with Crippen molar-refractivity contribution in [1.82, 2.24) is 10.2 Å². The van der Waals surface area contributed by atoms with E-state index in [1.807, 2.05) is 6.07 Å². The summed E-state index contributed by atoms with van der Waals surface area (Å²) in [7, 11) is 4.36. The molecule has 0 saturated carbocycles. The summed E-state index contributed by atoms with van der Waals surface area (Å²) in [6.45, 7) is 7.38. The van der Waals surface area contributed by atoms with Gasteiger partial charge in [-0.2, -0.15) is 0 Å². The number of hydrogen-bond donors (Lipinski definition) is 1. The molecule has 1 saturated heterocycles. The Morgan fingerprint density at radius 3 is 2.52 bits per heavy atom. The van der Waals surface area contributed by atoms with Crippen molar-refractivity contribution < 1.29 is 0 Å². The molecule has 4 heteroatoms. The molecule has 1 aliphatic heterocycles. The molecular formula is C17H28ClN3. The van der Waals surface area contributed by atoms with Gasteiger partial charge in [0.2, 0.25) is 0 Å². The third-order valence-corrected chi connectivity index (χ3v) is 4.67. The fraction of sp³-hybridized carbons (Fsp3) is 0.647. The minimum Gasteiger partial charge on any atom is -0.371 e. The first kappa shape index (κ1) is 16.6. The topological polar surface area (TPSA) is 18.5 Å². The van der Waals surface area contributed by atoms with E-state index in [-0.39, 0.29) is 0 Å². The Bertz CT molecular complexity index is 451. The van der Waals surface area contributed by atoms with Crippen LogP contribution in [0.3, 0.4) is 0 Å². The molecule has 2 rings (SSSR count). The Morgan fingerprint density at radius 2 is 1.95 bits per heavy atom. The van der Waals surface area contributed by atoms with Crippen LogP contribution in [-0.4, -0.2) is 44.2 Å². The van der Waals surface area contributed by atoms with E-state index in [1.165, 1.54) is 24.1 Å². The zero-order chi connectivity index (χ0) is 15.4. The SMILES string of the molecule is CC(C)NCc1c(Cl)cccc1N1CCC(N(C)C)CC1. The average Bonchev–Trinajstić information content (AvgIpc) is 2.45. The van der Waals surface area contributed by atoms with Crippen LogP contribution in [0, 0.1) is 0 Å². The number of nitrogens with zero attached hydrogens (tertiary/aromatic N) is 2. The van der Waals surface area contributed by atoms with Crippen LogP contribution in [0.5, 0.6) is 0 Å². The van der Waals surface area contributed by atoms with E-state index >= 15 is 0 Å². The Labute approximate surface area is 134 Å². The fourth-order valence-corrected chi connectivity index (χ4v) is 3.18. The molecule has 0 aromatic heterocycles. The molecule has 0 radical (unpaired) electrons. The maximum atomic E-state index is 6.44. The number of piperidine rings is 1. The third kappa shape index (κ3) is 4.35. The van der Waals surface area contributed by atoms with Gasteiger partial charge < -0.3 is 15.1 Å². The number of hydrogen-bond acceptors (Lipinski definition) is 3. The van der Waals surface area contributed by atoms with Crippen LogP contribution in [0.25, 0.3) is 0 Å². The van der Waals surface area contributed by atoms with Gasteiger partial charge in [0.1, 0.15) is 0 Å². The molecule has 1 aromatic carbocycles. The maximum Gasteiger partial charge on any atom is 0.0471 e. The smallest absolute Gasteiger partial charge is 0.0471 e. The van der Waals surface area contributed by atoms with E-state index in [0.717, 1.165) is 24.7 Å². The van der Waals surface area contributed by atoms with Crippen LogP contribution in [-0.2, 0) is 6.54 Å². The molecular weight excluding hydrogens is 282 g/mol. The van der Waals surface area contributed by atoms with Crippen LogP contribution in [0.15, 0.2) is 18.2 Å². The Balaban J connectivity index is 2.11. The average molecular weight is 310 g/mol. The summed E-state index contributed by atoms with van der Waals surface area (Å²) >= 11 is 6.44. The summed E-state index contributed by atoms with van der Waals surface area (Å²) in [6, 6.07) is 7.44. The summed E-state index contributed by atoms with van der Waals surface area (Å²) in [6.07, 6.45) is 2.44. The lowest BCUT2D eigenvalue weighted by molar-refractivity contribution is 0.249. The quantitative estimate of drug-likeness (QED) is 0.899. The van der Waals surface area contributed by atoms with Crippen molar-refractivity contribution in [3.8, 4) is 0 Å². The summed E-state index contributed by atoms with van der Waals surface area (Å²) in [5.74, 6) is 0. The number of rotatable bonds is 5. The molecule has 0 unspecified atom stereocenters. The first-order chi connectivity index (χ1) is 9.99. The van der Waals surface area contributed by atoms with E-state index in [0.29, 0.717) is 12.1 Å². The summed E-state index contributed by atoms with van der Waals surface area (Å²) in [4.78, 5) is 4.83. The highest BCUT2D eigenvalue weighted by atomic mass is 35.5. The standard InChI is InChI=1S/C17H28ClN3/c1-13(2)19-12-15-16(18)6-5-7-17(15)21-10-8-14(9-11-21)20(3)4/h5-7,13-14,19H,8-12H2,1-4H3. The lowest BCUT2D eigenvalue weighted by Crippen LogP contribution is -2.42. The molecule has 21 heavy (non-hydrogen) atoms. The van der Waals surface area contributed by atoms with Crippen LogP contribution < -0.4 is 10.2 Å². The molecule has 1 N–H and O–H groups in total. The lowest BCUT2D eigenvalue weighted by Gasteiger charge is -2.37. The largest absolute Gasteiger partial charge is 0.371 e. The van der Waals surface area contributed by atoms with Gasteiger partial charge >= 0.3 is 0 Å². The van der Waals surface area contributed by atoms with Gasteiger partial charge in [-0.05, 0) is 39.1 Å². The normalized spacial score (nSPS) is 17.0. The van der Waals surface area contributed by atoms with Crippen LogP contribution in [0.1, 0.15) is 32.3 Å². The van der Waals surface area contributed by atoms with Crippen LogP contribution in [0.2, 0.25) is 5.02 Å². The van der Waals surface area contributed by atoms with Gasteiger partial charge in [-0.25, -0.2) is 0 Å². The maximum absolute atomic E-state index is 6.44. The second-order valence-corrected chi connectivity index (χ2v) is 6.86. The zero-order valence-electron chi connectivity index (χ0n) is 13.7. The molecule has 0 spiro atoms. The van der Waals surface area contributed by atoms with Crippen LogP contribution in [0.4, 0.5) is 5.69 Å². The van der Waals surface area contributed by atoms with Gasteiger partial charge in [0.05, 0.1) is 0 Å². The number of benzene rings is 1. The predicted octanol–water partition coefficient (Wildman–Crippen LogP) is 3.37. The van der Waals surface area contributed by atoms with E-state index in [4.69, 9.17) is 11.6 Å². The Kier molecular flexibility index (Phi) is 5.91. The molecule has 0 bridgehead atoms. The zero-order valence-corrected chi connectivity index (χ0v) is 14.5. The monoisotopic (exact) mass is 309 g/mol.